The molecule has 2 aromatic carbocycles. The largest absolute Gasteiger partial charge is 0.469 e. The average Bonchev–Trinajstić information content (AvgIpc) is 2.90. The molecular formula is C29H42ClN3O4S. The summed E-state index contributed by atoms with van der Waals surface area (Å²) in [5.74, 6) is -0.125. The van der Waals surface area contributed by atoms with Crippen LogP contribution in [-0.2, 0) is 19.6 Å². The van der Waals surface area contributed by atoms with Gasteiger partial charge in [-0.3, -0.25) is 14.6 Å². The van der Waals surface area contributed by atoms with Gasteiger partial charge in [0.1, 0.15) is 0 Å². The van der Waals surface area contributed by atoms with Crippen molar-refractivity contribution in [3.63, 3.8) is 0 Å². The number of carbonyl (C=O) groups excluding carboxylic acids is 1. The quantitative estimate of drug-likeness (QED) is 0.372. The van der Waals surface area contributed by atoms with Crippen LogP contribution in [0.25, 0.3) is 0 Å². The third-order valence-electron chi connectivity index (χ3n) is 8.30. The molecule has 0 amide bonds. The van der Waals surface area contributed by atoms with Gasteiger partial charge in [0.05, 0.1) is 24.1 Å². The molecular weight excluding hydrogens is 522 g/mol. The maximum Gasteiger partial charge on any atom is 0.308 e. The van der Waals surface area contributed by atoms with Gasteiger partial charge in [-0.15, -0.1) is 12.4 Å². The Bertz CT molecular complexity index is 1120. The summed E-state index contributed by atoms with van der Waals surface area (Å²) in [6, 6.07) is 19.4. The second kappa shape index (κ2) is 13.9. The summed E-state index contributed by atoms with van der Waals surface area (Å²) < 4.78 is 33.1. The number of esters is 1. The Kier molecular flexibility index (Phi) is 11.2. The second-order valence-corrected chi connectivity index (χ2v) is 12.6. The molecule has 1 aliphatic carbocycles. The Morgan fingerprint density at radius 2 is 1.66 bits per heavy atom. The van der Waals surface area contributed by atoms with Gasteiger partial charge in [-0.2, -0.15) is 0 Å². The molecule has 1 heterocycles. The van der Waals surface area contributed by atoms with Crippen molar-refractivity contribution in [2.75, 3.05) is 40.8 Å². The predicted octanol–water partition coefficient (Wildman–Crippen LogP) is 4.60. The minimum atomic E-state index is -3.58. The Labute approximate surface area is 234 Å². The molecule has 38 heavy (non-hydrogen) atoms. The van der Waals surface area contributed by atoms with Gasteiger partial charge in [0, 0.05) is 32.7 Å². The smallest absolute Gasteiger partial charge is 0.308 e. The van der Waals surface area contributed by atoms with Gasteiger partial charge in [-0.05, 0) is 62.8 Å². The van der Waals surface area contributed by atoms with E-state index in [2.05, 4.69) is 29.0 Å². The lowest BCUT2D eigenvalue weighted by Gasteiger charge is -2.48. The molecule has 1 aliphatic heterocycles. The van der Waals surface area contributed by atoms with Crippen LogP contribution in [0.15, 0.2) is 65.6 Å². The Morgan fingerprint density at radius 1 is 1.03 bits per heavy atom. The van der Waals surface area contributed by atoms with Crippen molar-refractivity contribution in [3.05, 3.63) is 66.2 Å². The first-order valence-corrected chi connectivity index (χ1v) is 14.9. The number of nitrogens with zero attached hydrogens (tertiary/aromatic N) is 3. The molecule has 9 heteroatoms. The van der Waals surface area contributed by atoms with Crippen LogP contribution < -0.4 is 0 Å². The topological polar surface area (TPSA) is 70.2 Å². The molecule has 1 saturated heterocycles. The van der Waals surface area contributed by atoms with Crippen LogP contribution >= 0.6 is 12.4 Å². The van der Waals surface area contributed by atoms with Crippen molar-refractivity contribution in [1.82, 2.24) is 14.1 Å². The van der Waals surface area contributed by atoms with Crippen LogP contribution in [-0.4, -0.2) is 81.5 Å². The molecule has 0 N–H and O–H groups in total. The highest BCUT2D eigenvalue weighted by atomic mass is 35.5. The van der Waals surface area contributed by atoms with Gasteiger partial charge in [0.25, 0.3) is 0 Å². The van der Waals surface area contributed by atoms with E-state index in [4.69, 9.17) is 4.74 Å². The summed E-state index contributed by atoms with van der Waals surface area (Å²) >= 11 is 0. The number of likely N-dealkylation sites (tertiary alicyclic amines) is 1. The van der Waals surface area contributed by atoms with E-state index in [0.29, 0.717) is 17.5 Å². The normalized spacial score (nSPS) is 21.5. The zero-order valence-electron chi connectivity index (χ0n) is 22.7. The van der Waals surface area contributed by atoms with E-state index in [9.17, 15) is 13.2 Å². The van der Waals surface area contributed by atoms with Gasteiger partial charge in [0.2, 0.25) is 10.0 Å². The number of hydrogen-bond acceptors (Lipinski definition) is 6. The van der Waals surface area contributed by atoms with Gasteiger partial charge in [-0.25, -0.2) is 12.7 Å². The highest BCUT2D eigenvalue weighted by Gasteiger charge is 2.38. The van der Waals surface area contributed by atoms with Gasteiger partial charge in [-0.1, -0.05) is 55.0 Å². The van der Waals surface area contributed by atoms with E-state index in [1.54, 1.807) is 31.3 Å². The second-order valence-electron chi connectivity index (χ2n) is 10.5. The van der Waals surface area contributed by atoms with Gasteiger partial charge >= 0.3 is 5.97 Å². The average molecular weight is 564 g/mol. The Morgan fingerprint density at radius 3 is 2.24 bits per heavy atom. The highest BCUT2D eigenvalue weighted by Crippen LogP contribution is 2.33. The summed E-state index contributed by atoms with van der Waals surface area (Å²) in [5.41, 5.74) is 1.14. The molecule has 0 radical (unpaired) electrons. The highest BCUT2D eigenvalue weighted by molar-refractivity contribution is 7.89. The summed E-state index contributed by atoms with van der Waals surface area (Å²) in [6.45, 7) is 2.08. The molecule has 3 unspecified atom stereocenters. The fourth-order valence-electron chi connectivity index (χ4n) is 5.69. The number of hydrogen-bond donors (Lipinski definition) is 0. The van der Waals surface area contributed by atoms with E-state index >= 15 is 0 Å². The van der Waals surface area contributed by atoms with Crippen molar-refractivity contribution >= 4 is 28.4 Å². The molecule has 0 bridgehead atoms. The van der Waals surface area contributed by atoms with E-state index in [1.807, 2.05) is 24.3 Å². The number of carbonyl (C=O) groups is 1. The molecule has 1 saturated carbocycles. The molecule has 2 fully saturated rings. The summed E-state index contributed by atoms with van der Waals surface area (Å²) in [7, 11) is 1.76. The van der Waals surface area contributed by atoms with E-state index < -0.39 is 10.0 Å². The number of ether oxygens (including phenoxy) is 1. The molecule has 7 nitrogen and oxygen atoms in total. The number of methoxy groups -OCH3 is 1. The SMILES string of the molecule is COC(=O)C1CCN(CCC(CN(C)S(=O)(=O)c2ccccc2)c2ccccc2)C(N(C)C2CCC2)C1.Cl. The monoisotopic (exact) mass is 563 g/mol. The number of sulfonamides is 1. The minimum absolute atomic E-state index is 0. The Balaban J connectivity index is 0.00000400. The van der Waals surface area contributed by atoms with E-state index in [-0.39, 0.29) is 36.4 Å². The van der Waals surface area contributed by atoms with Gasteiger partial charge in [0.15, 0.2) is 0 Å². The molecule has 0 spiro atoms. The molecule has 3 atom stereocenters. The van der Waals surface area contributed by atoms with Crippen LogP contribution in [0.1, 0.15) is 50.0 Å². The first kappa shape index (κ1) is 30.6. The maximum atomic E-state index is 13.3. The summed E-state index contributed by atoms with van der Waals surface area (Å²) in [6.07, 6.45) is 6.26. The molecule has 2 aliphatic rings. The lowest BCUT2D eigenvalue weighted by atomic mass is 9.87. The molecule has 0 aromatic heterocycles. The fourth-order valence-corrected chi connectivity index (χ4v) is 6.92. The van der Waals surface area contributed by atoms with Gasteiger partial charge < -0.3 is 4.74 Å². The van der Waals surface area contributed by atoms with Crippen molar-refractivity contribution < 1.29 is 17.9 Å². The molecule has 2 aromatic rings. The lowest BCUT2D eigenvalue weighted by molar-refractivity contribution is -0.150. The minimum Gasteiger partial charge on any atom is -0.469 e. The van der Waals surface area contributed by atoms with E-state index in [1.165, 1.54) is 30.7 Å². The van der Waals surface area contributed by atoms with Crippen LogP contribution in [0.3, 0.4) is 0 Å². The van der Waals surface area contributed by atoms with Crippen LogP contribution in [0.5, 0.6) is 0 Å². The lowest BCUT2D eigenvalue weighted by Crippen LogP contribution is -2.57. The van der Waals surface area contributed by atoms with Crippen LogP contribution in [0.2, 0.25) is 0 Å². The van der Waals surface area contributed by atoms with Crippen LogP contribution in [0.4, 0.5) is 0 Å². The molecule has 4 rings (SSSR count). The van der Waals surface area contributed by atoms with Crippen molar-refractivity contribution in [2.45, 2.75) is 61.5 Å². The fraction of sp³-hybridized carbons (Fsp3) is 0.552. The first-order valence-electron chi connectivity index (χ1n) is 13.4. The van der Waals surface area contributed by atoms with Crippen molar-refractivity contribution in [1.29, 1.82) is 0 Å². The summed E-state index contributed by atoms with van der Waals surface area (Å²) in [5, 5.41) is 0. The number of rotatable bonds is 11. The van der Waals surface area contributed by atoms with Crippen LogP contribution in [0, 0.1) is 5.92 Å². The zero-order valence-corrected chi connectivity index (χ0v) is 24.4. The number of halogens is 1. The van der Waals surface area contributed by atoms with E-state index in [0.717, 1.165) is 37.9 Å². The number of likely N-dealkylation sites (N-methyl/N-ethyl adjacent to an activating group) is 1. The number of piperidine rings is 1. The molecule has 210 valence electrons. The first-order chi connectivity index (χ1) is 17.8. The third-order valence-corrected chi connectivity index (χ3v) is 10.1. The van der Waals surface area contributed by atoms with Crippen molar-refractivity contribution in [3.8, 4) is 0 Å². The summed E-state index contributed by atoms with van der Waals surface area (Å²) in [4.78, 5) is 17.6. The zero-order chi connectivity index (χ0) is 26.4. The van der Waals surface area contributed by atoms with Crippen molar-refractivity contribution in [2.24, 2.45) is 5.92 Å². The number of benzene rings is 2. The standard InChI is InChI=1S/C29H41N3O4S.ClH/c1-30(37(34,35)27-15-8-5-9-16-27)22-25(23-11-6-4-7-12-23)18-20-32-19-17-24(29(33)36-3)21-28(32)31(2)26-13-10-14-26;/h4-9,11-12,15-16,24-26,28H,10,13-14,17-22H2,1-3H3;1H. The maximum absolute atomic E-state index is 13.3. The Hall–Kier alpha value is -1.97. The predicted molar refractivity (Wildman–Crippen MR) is 153 cm³/mol. The third kappa shape index (κ3) is 7.16.